The highest BCUT2D eigenvalue weighted by Gasteiger charge is 2.29. The number of unbranched alkanes of at least 4 members (excludes halogenated alkanes) is 1. The Balaban J connectivity index is 1.20. The lowest BCUT2D eigenvalue weighted by Gasteiger charge is -2.19. The molecule has 0 unspecified atom stereocenters. The highest BCUT2D eigenvalue weighted by molar-refractivity contribution is 6.06. The third-order valence-corrected chi connectivity index (χ3v) is 5.88. The van der Waals surface area contributed by atoms with Crippen molar-refractivity contribution in [3.63, 3.8) is 0 Å². The molecule has 0 spiro atoms. The molecule has 0 radical (unpaired) electrons. The van der Waals surface area contributed by atoms with Crippen LogP contribution in [-0.4, -0.2) is 64.5 Å². The van der Waals surface area contributed by atoms with Crippen molar-refractivity contribution in [2.24, 2.45) is 7.05 Å². The van der Waals surface area contributed by atoms with E-state index in [1.54, 1.807) is 4.68 Å². The number of ether oxygens (including phenoxy) is 1. The van der Waals surface area contributed by atoms with Gasteiger partial charge in [0.2, 0.25) is 5.88 Å². The molecule has 0 aliphatic carbocycles. The largest absolute Gasteiger partial charge is 0.468 e. The molecule has 0 saturated carbocycles. The van der Waals surface area contributed by atoms with Gasteiger partial charge in [-0.2, -0.15) is 18.3 Å². The van der Waals surface area contributed by atoms with Gasteiger partial charge in [0.1, 0.15) is 0 Å². The lowest BCUT2D eigenvalue weighted by molar-refractivity contribution is -0.154. The van der Waals surface area contributed by atoms with Crippen LogP contribution in [0.25, 0.3) is 10.9 Å². The Morgan fingerprint density at radius 1 is 1.15 bits per heavy atom. The zero-order valence-electron chi connectivity index (χ0n) is 19.1. The molecule has 0 bridgehead atoms. The maximum atomic E-state index is 12.6. The minimum absolute atomic E-state index is 0.0160. The molecule has 1 aliphatic heterocycles. The number of carbonyl (C=O) groups is 1. The van der Waals surface area contributed by atoms with Crippen LogP contribution in [0.5, 0.6) is 5.88 Å². The lowest BCUT2D eigenvalue weighted by Crippen LogP contribution is -2.29. The number of halogens is 3. The Morgan fingerprint density at radius 3 is 2.79 bits per heavy atom. The van der Waals surface area contributed by atoms with Crippen LogP contribution < -0.4 is 10.1 Å². The second-order valence-electron chi connectivity index (χ2n) is 8.50. The standard InChI is InChI=1S/C24H28F3N5O2/c1-31-15-19-18(5-4-6-21(19)30-31)23(33)28-11-2-3-12-32-13-9-17-7-8-22(29-20(17)10-14-32)34-16-24(25,26)27/h4-8,15H,2-3,9-14,16H2,1H3,(H,28,33). The summed E-state index contributed by atoms with van der Waals surface area (Å²) in [6.45, 7) is 1.80. The van der Waals surface area contributed by atoms with Crippen LogP contribution >= 0.6 is 0 Å². The van der Waals surface area contributed by atoms with Crippen molar-refractivity contribution in [1.29, 1.82) is 0 Å². The predicted molar refractivity (Wildman–Crippen MR) is 122 cm³/mol. The molecule has 1 aromatic carbocycles. The van der Waals surface area contributed by atoms with E-state index in [9.17, 15) is 18.0 Å². The summed E-state index contributed by atoms with van der Waals surface area (Å²) >= 11 is 0. The molecule has 1 N–H and O–H groups in total. The quantitative estimate of drug-likeness (QED) is 0.505. The highest BCUT2D eigenvalue weighted by atomic mass is 19.4. The number of aromatic nitrogens is 3. The first-order valence-electron chi connectivity index (χ1n) is 11.4. The Kier molecular flexibility index (Phi) is 7.35. The van der Waals surface area contributed by atoms with Crippen molar-refractivity contribution in [2.75, 3.05) is 32.8 Å². The third kappa shape index (κ3) is 6.25. The maximum Gasteiger partial charge on any atom is 0.422 e. The van der Waals surface area contributed by atoms with Crippen molar-refractivity contribution in [2.45, 2.75) is 31.9 Å². The Bertz CT molecular complexity index is 1150. The van der Waals surface area contributed by atoms with E-state index in [-0.39, 0.29) is 11.8 Å². The molecular weight excluding hydrogens is 447 g/mol. The molecule has 1 aliphatic rings. The van der Waals surface area contributed by atoms with Crippen LogP contribution in [0.4, 0.5) is 13.2 Å². The van der Waals surface area contributed by atoms with E-state index >= 15 is 0 Å². The van der Waals surface area contributed by atoms with Gasteiger partial charge in [-0.05, 0) is 43.5 Å². The summed E-state index contributed by atoms with van der Waals surface area (Å²) in [6, 6.07) is 8.85. The Morgan fingerprint density at radius 2 is 1.97 bits per heavy atom. The summed E-state index contributed by atoms with van der Waals surface area (Å²) in [5, 5.41) is 8.17. The number of alkyl halides is 3. The van der Waals surface area contributed by atoms with Gasteiger partial charge in [-0.25, -0.2) is 4.98 Å². The van der Waals surface area contributed by atoms with Crippen LogP contribution in [0.1, 0.15) is 34.5 Å². The smallest absolute Gasteiger partial charge is 0.422 e. The average molecular weight is 476 g/mol. The summed E-state index contributed by atoms with van der Waals surface area (Å²) in [6.07, 6.45) is 0.726. The van der Waals surface area contributed by atoms with Gasteiger partial charge in [0.15, 0.2) is 6.61 Å². The van der Waals surface area contributed by atoms with Gasteiger partial charge in [0, 0.05) is 56.4 Å². The molecule has 3 heterocycles. The van der Waals surface area contributed by atoms with Crippen LogP contribution in [0.2, 0.25) is 0 Å². The number of carbonyl (C=O) groups excluding carboxylic acids is 1. The maximum absolute atomic E-state index is 12.6. The summed E-state index contributed by atoms with van der Waals surface area (Å²) in [5.74, 6) is -0.0827. The highest BCUT2D eigenvalue weighted by Crippen LogP contribution is 2.21. The van der Waals surface area contributed by atoms with Crippen molar-refractivity contribution < 1.29 is 22.7 Å². The number of nitrogens with zero attached hydrogens (tertiary/aromatic N) is 4. The number of fused-ring (bicyclic) bond motifs is 2. The molecule has 0 fully saturated rings. The minimum atomic E-state index is -4.38. The van der Waals surface area contributed by atoms with E-state index in [0.29, 0.717) is 18.5 Å². The first kappa shape index (κ1) is 24.0. The van der Waals surface area contributed by atoms with E-state index in [1.807, 2.05) is 37.5 Å². The minimum Gasteiger partial charge on any atom is -0.468 e. The van der Waals surface area contributed by atoms with Crippen LogP contribution in [-0.2, 0) is 19.9 Å². The van der Waals surface area contributed by atoms with Crippen molar-refractivity contribution in [3.8, 4) is 5.88 Å². The molecule has 0 saturated heterocycles. The molecular formula is C24H28F3N5O2. The molecule has 1 amide bonds. The molecule has 3 aromatic rings. The number of hydrogen-bond donors (Lipinski definition) is 1. The number of rotatable bonds is 8. The molecule has 2 aromatic heterocycles. The van der Waals surface area contributed by atoms with E-state index in [0.717, 1.165) is 61.1 Å². The second kappa shape index (κ2) is 10.4. The van der Waals surface area contributed by atoms with Crippen LogP contribution in [0.3, 0.4) is 0 Å². The molecule has 34 heavy (non-hydrogen) atoms. The molecule has 7 nitrogen and oxygen atoms in total. The van der Waals surface area contributed by atoms with Gasteiger partial charge in [0.05, 0.1) is 11.1 Å². The van der Waals surface area contributed by atoms with Gasteiger partial charge < -0.3 is 15.0 Å². The lowest BCUT2D eigenvalue weighted by atomic mass is 10.1. The fourth-order valence-corrected chi connectivity index (χ4v) is 4.19. The number of nitrogens with one attached hydrogen (secondary N) is 1. The average Bonchev–Trinajstić information content (AvgIpc) is 3.06. The van der Waals surface area contributed by atoms with E-state index in [1.165, 1.54) is 6.07 Å². The first-order chi connectivity index (χ1) is 16.3. The van der Waals surface area contributed by atoms with E-state index in [4.69, 9.17) is 4.74 Å². The van der Waals surface area contributed by atoms with Gasteiger partial charge >= 0.3 is 6.18 Å². The van der Waals surface area contributed by atoms with Crippen molar-refractivity contribution in [3.05, 3.63) is 53.3 Å². The van der Waals surface area contributed by atoms with Gasteiger partial charge in [0.25, 0.3) is 5.91 Å². The SMILES string of the molecule is Cn1cc2c(C(=O)NCCCCN3CCc4ccc(OCC(F)(F)F)nc4CC3)cccc2n1. The van der Waals surface area contributed by atoms with Gasteiger partial charge in [-0.15, -0.1) is 0 Å². The van der Waals surface area contributed by atoms with E-state index < -0.39 is 12.8 Å². The van der Waals surface area contributed by atoms with Crippen LogP contribution in [0.15, 0.2) is 36.5 Å². The number of pyridine rings is 1. The van der Waals surface area contributed by atoms with Crippen molar-refractivity contribution >= 4 is 16.8 Å². The summed E-state index contributed by atoms with van der Waals surface area (Å²) in [4.78, 5) is 19.2. The fourth-order valence-electron chi connectivity index (χ4n) is 4.19. The van der Waals surface area contributed by atoms with Gasteiger partial charge in [-0.3, -0.25) is 9.48 Å². The second-order valence-corrected chi connectivity index (χ2v) is 8.50. The zero-order chi connectivity index (χ0) is 24.1. The monoisotopic (exact) mass is 475 g/mol. The Labute approximate surface area is 195 Å². The molecule has 182 valence electrons. The fraction of sp³-hybridized carbons (Fsp3) is 0.458. The summed E-state index contributed by atoms with van der Waals surface area (Å²) in [7, 11) is 1.83. The summed E-state index contributed by atoms with van der Waals surface area (Å²) < 4.78 is 43.6. The normalized spacial score (nSPS) is 14.6. The number of aryl methyl sites for hydroxylation is 1. The summed E-state index contributed by atoms with van der Waals surface area (Å²) in [5.41, 5.74) is 3.28. The van der Waals surface area contributed by atoms with Crippen molar-refractivity contribution in [1.82, 2.24) is 25.0 Å². The van der Waals surface area contributed by atoms with E-state index in [2.05, 4.69) is 20.3 Å². The molecule has 0 atom stereocenters. The zero-order valence-corrected chi connectivity index (χ0v) is 19.1. The van der Waals surface area contributed by atoms with Gasteiger partial charge in [-0.1, -0.05) is 12.1 Å². The number of benzene rings is 1. The predicted octanol–water partition coefficient (Wildman–Crippen LogP) is 3.52. The van der Waals surface area contributed by atoms with Crippen LogP contribution in [0, 0.1) is 0 Å². The number of hydrogen-bond acceptors (Lipinski definition) is 5. The third-order valence-electron chi connectivity index (χ3n) is 5.88. The first-order valence-corrected chi connectivity index (χ1v) is 11.4. The Hall–Kier alpha value is -3.14. The molecule has 10 heteroatoms. The number of amides is 1. The topological polar surface area (TPSA) is 72.3 Å². The molecule has 4 rings (SSSR count).